The number of halogens is 3. The minimum atomic E-state index is -4.38. The van der Waals surface area contributed by atoms with Crippen LogP contribution in [0, 0.1) is 0 Å². The van der Waals surface area contributed by atoms with Crippen molar-refractivity contribution in [2.45, 2.75) is 25.9 Å². The number of hydrogen-bond acceptors (Lipinski definition) is 6. The van der Waals surface area contributed by atoms with E-state index in [1.54, 1.807) is 6.20 Å². The summed E-state index contributed by atoms with van der Waals surface area (Å²) in [5.41, 5.74) is 2.34. The van der Waals surface area contributed by atoms with Gasteiger partial charge in [0.05, 0.1) is 11.1 Å². The average Bonchev–Trinajstić information content (AvgIpc) is 3.39. The Hall–Kier alpha value is -3.72. The first-order valence-corrected chi connectivity index (χ1v) is 11.6. The van der Waals surface area contributed by atoms with E-state index in [0.29, 0.717) is 11.6 Å². The number of nitrogens with one attached hydrogen (secondary N) is 1. The van der Waals surface area contributed by atoms with E-state index in [2.05, 4.69) is 32.2 Å². The Morgan fingerprint density at radius 2 is 1.71 bits per heavy atom. The second-order valence-corrected chi connectivity index (χ2v) is 8.42. The SMILES string of the molecule is CCN(c1ccc(-c2cccc3cnc(Nc4ccc(C(F)(F)F)cc4)nc23)cn1)N1CCCC1. The predicted octanol–water partition coefficient (Wildman–Crippen LogP) is 6.29. The Labute approximate surface area is 201 Å². The van der Waals surface area contributed by atoms with E-state index in [-0.39, 0.29) is 0 Å². The molecule has 0 radical (unpaired) electrons. The Kier molecular flexibility index (Phi) is 6.25. The van der Waals surface area contributed by atoms with Crippen molar-refractivity contribution in [1.29, 1.82) is 0 Å². The fraction of sp³-hybridized carbons (Fsp3) is 0.269. The zero-order chi connectivity index (χ0) is 24.4. The Morgan fingerprint density at radius 3 is 2.37 bits per heavy atom. The van der Waals surface area contributed by atoms with Gasteiger partial charge in [-0.3, -0.25) is 5.01 Å². The molecule has 1 aliphatic heterocycles. The lowest BCUT2D eigenvalue weighted by Gasteiger charge is -2.31. The highest BCUT2D eigenvalue weighted by Crippen LogP contribution is 2.31. The number of para-hydroxylation sites is 1. The van der Waals surface area contributed by atoms with Crippen LogP contribution in [0.3, 0.4) is 0 Å². The fourth-order valence-electron chi connectivity index (χ4n) is 4.37. The second-order valence-electron chi connectivity index (χ2n) is 8.42. The summed E-state index contributed by atoms with van der Waals surface area (Å²) in [6.07, 6.45) is 1.58. The van der Waals surface area contributed by atoms with Crippen LogP contribution in [0.1, 0.15) is 25.3 Å². The molecule has 0 spiro atoms. The molecule has 0 aliphatic carbocycles. The zero-order valence-electron chi connectivity index (χ0n) is 19.3. The molecule has 1 saturated heterocycles. The van der Waals surface area contributed by atoms with Crippen LogP contribution in [0.5, 0.6) is 0 Å². The van der Waals surface area contributed by atoms with E-state index in [1.807, 2.05) is 36.5 Å². The minimum Gasteiger partial charge on any atom is -0.324 e. The van der Waals surface area contributed by atoms with Crippen molar-refractivity contribution in [2.75, 3.05) is 30.0 Å². The molecule has 4 aromatic rings. The van der Waals surface area contributed by atoms with Gasteiger partial charge in [0.2, 0.25) is 5.95 Å². The molecule has 0 unspecified atom stereocenters. The molecule has 180 valence electrons. The van der Waals surface area contributed by atoms with E-state index in [4.69, 9.17) is 4.98 Å². The maximum absolute atomic E-state index is 12.8. The molecule has 3 heterocycles. The molecule has 0 atom stereocenters. The highest BCUT2D eigenvalue weighted by molar-refractivity contribution is 5.93. The molecular weight excluding hydrogens is 453 g/mol. The number of rotatable bonds is 6. The number of anilines is 3. The molecule has 1 fully saturated rings. The molecular formula is C26H25F3N6. The monoisotopic (exact) mass is 478 g/mol. The highest BCUT2D eigenvalue weighted by Gasteiger charge is 2.30. The van der Waals surface area contributed by atoms with Crippen LogP contribution in [0.15, 0.2) is 67.0 Å². The third-order valence-electron chi connectivity index (χ3n) is 6.13. The van der Waals surface area contributed by atoms with Crippen LogP contribution in [-0.2, 0) is 6.18 Å². The van der Waals surface area contributed by atoms with Gasteiger partial charge >= 0.3 is 6.18 Å². The highest BCUT2D eigenvalue weighted by atomic mass is 19.4. The number of pyridine rings is 1. The molecule has 5 rings (SSSR count). The van der Waals surface area contributed by atoms with E-state index in [9.17, 15) is 13.2 Å². The number of hydrazine groups is 1. The molecule has 9 heteroatoms. The third kappa shape index (κ3) is 4.90. The van der Waals surface area contributed by atoms with Gasteiger partial charge in [0, 0.05) is 54.2 Å². The quantitative estimate of drug-likeness (QED) is 0.351. The topological polar surface area (TPSA) is 57.2 Å². The summed E-state index contributed by atoms with van der Waals surface area (Å²) in [7, 11) is 0. The van der Waals surface area contributed by atoms with Gasteiger partial charge in [0.25, 0.3) is 0 Å². The van der Waals surface area contributed by atoms with E-state index < -0.39 is 11.7 Å². The van der Waals surface area contributed by atoms with Crippen LogP contribution in [0.4, 0.5) is 30.6 Å². The molecule has 2 aromatic heterocycles. The second kappa shape index (κ2) is 9.50. The summed E-state index contributed by atoms with van der Waals surface area (Å²) in [5.74, 6) is 1.22. The number of fused-ring (bicyclic) bond motifs is 1. The maximum Gasteiger partial charge on any atom is 0.416 e. The summed E-state index contributed by atoms with van der Waals surface area (Å²) in [6.45, 7) is 5.08. The van der Waals surface area contributed by atoms with E-state index in [1.165, 1.54) is 25.0 Å². The molecule has 1 N–H and O–H groups in total. The number of nitrogens with zero attached hydrogens (tertiary/aromatic N) is 5. The number of alkyl halides is 3. The average molecular weight is 479 g/mol. The predicted molar refractivity (Wildman–Crippen MR) is 131 cm³/mol. The van der Waals surface area contributed by atoms with Crippen molar-refractivity contribution in [3.8, 4) is 11.1 Å². The van der Waals surface area contributed by atoms with Crippen LogP contribution >= 0.6 is 0 Å². The Balaban J connectivity index is 1.42. The van der Waals surface area contributed by atoms with Gasteiger partial charge in [-0.05, 0) is 56.2 Å². The summed E-state index contributed by atoms with van der Waals surface area (Å²) < 4.78 is 38.5. The zero-order valence-corrected chi connectivity index (χ0v) is 19.3. The van der Waals surface area contributed by atoms with Crippen molar-refractivity contribution in [3.63, 3.8) is 0 Å². The van der Waals surface area contributed by atoms with Gasteiger partial charge < -0.3 is 5.32 Å². The number of aromatic nitrogens is 3. The first kappa shape index (κ1) is 23.0. The van der Waals surface area contributed by atoms with Gasteiger partial charge in [-0.1, -0.05) is 18.2 Å². The maximum atomic E-state index is 12.8. The van der Waals surface area contributed by atoms with Crippen LogP contribution < -0.4 is 10.3 Å². The Morgan fingerprint density at radius 1 is 0.943 bits per heavy atom. The van der Waals surface area contributed by atoms with Gasteiger partial charge in [-0.2, -0.15) is 13.2 Å². The largest absolute Gasteiger partial charge is 0.416 e. The van der Waals surface area contributed by atoms with Gasteiger partial charge in [0.15, 0.2) is 0 Å². The van der Waals surface area contributed by atoms with E-state index in [0.717, 1.165) is 59.6 Å². The molecule has 0 bridgehead atoms. The first-order valence-electron chi connectivity index (χ1n) is 11.6. The third-order valence-corrected chi connectivity index (χ3v) is 6.13. The molecule has 6 nitrogen and oxygen atoms in total. The van der Waals surface area contributed by atoms with E-state index >= 15 is 0 Å². The first-order chi connectivity index (χ1) is 16.9. The van der Waals surface area contributed by atoms with Crippen LogP contribution in [0.2, 0.25) is 0 Å². The smallest absolute Gasteiger partial charge is 0.324 e. The van der Waals surface area contributed by atoms with Gasteiger partial charge in [0.1, 0.15) is 5.82 Å². The standard InChI is InChI=1S/C26H25F3N6/c1-2-35(34-14-3-4-15-34)23-13-8-18(16-30-23)22-7-5-6-19-17-31-25(33-24(19)22)32-21-11-9-20(10-12-21)26(27,28)29/h5-13,16-17H,2-4,14-15H2,1H3,(H,31,32,33). The molecule has 0 saturated carbocycles. The van der Waals surface area contributed by atoms with Crippen molar-refractivity contribution in [1.82, 2.24) is 20.0 Å². The normalized spacial score (nSPS) is 14.4. The molecule has 1 aliphatic rings. The van der Waals surface area contributed by atoms with Crippen molar-refractivity contribution >= 4 is 28.4 Å². The van der Waals surface area contributed by atoms with Crippen molar-refractivity contribution < 1.29 is 13.2 Å². The fourth-order valence-corrected chi connectivity index (χ4v) is 4.37. The van der Waals surface area contributed by atoms with Gasteiger partial charge in [-0.15, -0.1) is 0 Å². The molecule has 35 heavy (non-hydrogen) atoms. The lowest BCUT2D eigenvalue weighted by Crippen LogP contribution is -2.41. The van der Waals surface area contributed by atoms with Gasteiger partial charge in [-0.25, -0.2) is 20.0 Å². The van der Waals surface area contributed by atoms with Crippen LogP contribution in [-0.4, -0.2) is 39.6 Å². The van der Waals surface area contributed by atoms with Crippen molar-refractivity contribution in [3.05, 3.63) is 72.6 Å². The van der Waals surface area contributed by atoms with Crippen LogP contribution in [0.25, 0.3) is 22.0 Å². The lowest BCUT2D eigenvalue weighted by atomic mass is 10.0. The number of benzene rings is 2. The summed E-state index contributed by atoms with van der Waals surface area (Å²) in [4.78, 5) is 13.7. The summed E-state index contributed by atoms with van der Waals surface area (Å²) >= 11 is 0. The summed E-state index contributed by atoms with van der Waals surface area (Å²) in [5, 5.41) is 8.41. The number of hydrogen-bond donors (Lipinski definition) is 1. The molecule has 2 aromatic carbocycles. The van der Waals surface area contributed by atoms with Crippen molar-refractivity contribution in [2.24, 2.45) is 0 Å². The minimum absolute atomic E-state index is 0.306. The Bertz CT molecular complexity index is 1300. The molecule has 0 amide bonds. The lowest BCUT2D eigenvalue weighted by molar-refractivity contribution is -0.137. The summed E-state index contributed by atoms with van der Waals surface area (Å²) in [6, 6.07) is 14.7.